The number of benzene rings is 1. The number of methoxy groups -OCH3 is 2. The highest BCUT2D eigenvalue weighted by atomic mass is 16.8. The molecule has 2 fully saturated rings. The number of nitrogens with zero attached hydrogens (tertiary/aromatic N) is 2. The van der Waals surface area contributed by atoms with Crippen LogP contribution in [0.1, 0.15) is 36.0 Å². The molecule has 0 aliphatic carbocycles. The SMILES string of the molecule is COc1ccc(C)cc1CCC1CCN(Cc2cccnc2OC)C2(C1)OC(=O)C(=O)O2. The first-order valence-corrected chi connectivity index (χ1v) is 10.8. The molecule has 8 heteroatoms. The van der Waals surface area contributed by atoms with Crippen LogP contribution in [0.3, 0.4) is 0 Å². The highest BCUT2D eigenvalue weighted by Gasteiger charge is 2.55. The minimum atomic E-state index is -1.39. The van der Waals surface area contributed by atoms with Crippen molar-refractivity contribution in [1.29, 1.82) is 0 Å². The molecule has 0 saturated carbocycles. The standard InChI is InChI=1S/C24H28N2O6/c1-16-6-9-20(29-2)18(13-16)8-7-17-10-12-26(15-19-5-4-11-25-21(19)30-3)24(14-17)31-22(27)23(28)32-24/h4-6,9,11,13,17H,7-8,10,12,14-15H2,1-3H3. The van der Waals surface area contributed by atoms with Gasteiger partial charge in [0.1, 0.15) is 5.75 Å². The Morgan fingerprint density at radius 1 is 1.12 bits per heavy atom. The molecule has 0 radical (unpaired) electrons. The molecule has 0 bridgehead atoms. The van der Waals surface area contributed by atoms with Gasteiger partial charge in [-0.1, -0.05) is 23.8 Å². The molecule has 1 aromatic heterocycles. The Labute approximate surface area is 187 Å². The minimum absolute atomic E-state index is 0.214. The van der Waals surface area contributed by atoms with Gasteiger partial charge in [-0.25, -0.2) is 19.5 Å². The average Bonchev–Trinajstić information content (AvgIpc) is 3.07. The summed E-state index contributed by atoms with van der Waals surface area (Å²) in [4.78, 5) is 30.1. The normalized spacial score (nSPS) is 20.2. The third-order valence-corrected chi connectivity index (χ3v) is 6.17. The zero-order valence-corrected chi connectivity index (χ0v) is 18.6. The van der Waals surface area contributed by atoms with Gasteiger partial charge in [0.25, 0.3) is 0 Å². The van der Waals surface area contributed by atoms with Crippen LogP contribution in [-0.4, -0.2) is 48.5 Å². The average molecular weight is 440 g/mol. The largest absolute Gasteiger partial charge is 0.496 e. The zero-order valence-electron chi connectivity index (χ0n) is 18.6. The van der Waals surface area contributed by atoms with E-state index in [-0.39, 0.29) is 5.92 Å². The van der Waals surface area contributed by atoms with Crippen LogP contribution in [0, 0.1) is 12.8 Å². The third kappa shape index (κ3) is 4.41. The van der Waals surface area contributed by atoms with Crippen LogP contribution in [0.15, 0.2) is 36.5 Å². The topological polar surface area (TPSA) is 87.2 Å². The van der Waals surface area contributed by atoms with Crippen molar-refractivity contribution in [3.63, 3.8) is 0 Å². The number of likely N-dealkylation sites (tertiary alicyclic amines) is 1. The second kappa shape index (κ2) is 9.16. The first-order valence-electron chi connectivity index (χ1n) is 10.8. The molecular weight excluding hydrogens is 412 g/mol. The molecule has 8 nitrogen and oxygen atoms in total. The summed E-state index contributed by atoms with van der Waals surface area (Å²) >= 11 is 0. The van der Waals surface area contributed by atoms with Crippen LogP contribution >= 0.6 is 0 Å². The second-order valence-corrected chi connectivity index (χ2v) is 8.30. The number of carbonyl (C=O) groups is 2. The smallest absolute Gasteiger partial charge is 0.421 e. The predicted octanol–water partition coefficient (Wildman–Crippen LogP) is 3.01. The number of aromatic nitrogens is 1. The first kappa shape index (κ1) is 22.1. The van der Waals surface area contributed by atoms with Crippen molar-refractivity contribution in [2.24, 2.45) is 5.92 Å². The molecule has 32 heavy (non-hydrogen) atoms. The summed E-state index contributed by atoms with van der Waals surface area (Å²) in [6.07, 6.45) is 4.64. The predicted molar refractivity (Wildman–Crippen MR) is 115 cm³/mol. The van der Waals surface area contributed by atoms with Gasteiger partial charge in [0.15, 0.2) is 0 Å². The third-order valence-electron chi connectivity index (χ3n) is 6.17. The molecule has 0 amide bonds. The zero-order chi connectivity index (χ0) is 22.7. The summed E-state index contributed by atoms with van der Waals surface area (Å²) in [7, 11) is 3.23. The van der Waals surface area contributed by atoms with E-state index in [1.54, 1.807) is 20.4 Å². The summed E-state index contributed by atoms with van der Waals surface area (Å²) < 4.78 is 21.9. The Balaban J connectivity index is 1.51. The van der Waals surface area contributed by atoms with Crippen molar-refractivity contribution in [2.45, 2.75) is 45.1 Å². The van der Waals surface area contributed by atoms with Crippen molar-refractivity contribution in [3.05, 3.63) is 53.2 Å². The summed E-state index contributed by atoms with van der Waals surface area (Å²) in [6, 6.07) is 9.86. The number of pyridine rings is 1. The molecule has 2 aromatic rings. The fraction of sp³-hybridized carbons (Fsp3) is 0.458. The Morgan fingerprint density at radius 3 is 2.62 bits per heavy atom. The lowest BCUT2D eigenvalue weighted by molar-refractivity contribution is -0.274. The van der Waals surface area contributed by atoms with Crippen LogP contribution in [-0.2, 0) is 32.0 Å². The lowest BCUT2D eigenvalue weighted by Crippen LogP contribution is -2.54. The molecule has 0 N–H and O–H groups in total. The van der Waals surface area contributed by atoms with E-state index in [1.807, 2.05) is 29.2 Å². The van der Waals surface area contributed by atoms with Crippen molar-refractivity contribution in [1.82, 2.24) is 9.88 Å². The van der Waals surface area contributed by atoms with Gasteiger partial charge in [0.05, 0.1) is 14.2 Å². The highest BCUT2D eigenvalue weighted by Crippen LogP contribution is 2.41. The van der Waals surface area contributed by atoms with E-state index >= 15 is 0 Å². The molecular formula is C24H28N2O6. The number of carbonyl (C=O) groups excluding carboxylic acids is 2. The van der Waals surface area contributed by atoms with Crippen LogP contribution in [0.4, 0.5) is 0 Å². The van der Waals surface area contributed by atoms with E-state index in [9.17, 15) is 9.59 Å². The number of ether oxygens (including phenoxy) is 4. The van der Waals surface area contributed by atoms with Crippen molar-refractivity contribution < 1.29 is 28.5 Å². The quantitative estimate of drug-likeness (QED) is 0.480. The van der Waals surface area contributed by atoms with Gasteiger partial charge in [0.2, 0.25) is 5.88 Å². The van der Waals surface area contributed by atoms with Gasteiger partial charge in [0, 0.05) is 31.3 Å². The molecule has 1 atom stereocenters. The number of hydrogen-bond acceptors (Lipinski definition) is 8. The maximum absolute atomic E-state index is 12.0. The van der Waals surface area contributed by atoms with E-state index < -0.39 is 17.8 Å². The van der Waals surface area contributed by atoms with Crippen molar-refractivity contribution >= 4 is 11.9 Å². The van der Waals surface area contributed by atoms with E-state index in [0.717, 1.165) is 36.1 Å². The van der Waals surface area contributed by atoms with Gasteiger partial charge in [-0.3, -0.25) is 0 Å². The number of rotatable bonds is 7. The number of esters is 2. The number of piperidine rings is 1. The summed E-state index contributed by atoms with van der Waals surface area (Å²) in [6.45, 7) is 3.05. The molecule has 1 unspecified atom stereocenters. The van der Waals surface area contributed by atoms with Gasteiger partial charge in [-0.05, 0) is 49.8 Å². The van der Waals surface area contributed by atoms with Crippen molar-refractivity contribution in [3.8, 4) is 11.6 Å². The van der Waals surface area contributed by atoms with E-state index in [1.165, 1.54) is 5.56 Å². The first-order chi connectivity index (χ1) is 15.4. The maximum Gasteiger partial charge on any atom is 0.421 e. The van der Waals surface area contributed by atoms with Gasteiger partial charge >= 0.3 is 17.8 Å². The van der Waals surface area contributed by atoms with Gasteiger partial charge < -0.3 is 18.9 Å². The van der Waals surface area contributed by atoms with E-state index in [4.69, 9.17) is 18.9 Å². The fourth-order valence-electron chi connectivity index (χ4n) is 4.55. The molecule has 170 valence electrons. The highest BCUT2D eigenvalue weighted by molar-refractivity contribution is 6.31. The Kier molecular flexibility index (Phi) is 6.32. The van der Waals surface area contributed by atoms with Gasteiger partial charge in [-0.2, -0.15) is 0 Å². The maximum atomic E-state index is 12.0. The molecule has 4 rings (SSSR count). The summed E-state index contributed by atoms with van der Waals surface area (Å²) in [5.74, 6) is -1.72. The minimum Gasteiger partial charge on any atom is -0.496 e. The van der Waals surface area contributed by atoms with Crippen LogP contribution < -0.4 is 9.47 Å². The summed E-state index contributed by atoms with van der Waals surface area (Å²) in [5.41, 5.74) is 3.15. The fourth-order valence-corrected chi connectivity index (χ4v) is 4.55. The molecule has 1 aromatic carbocycles. The Morgan fingerprint density at radius 2 is 1.91 bits per heavy atom. The molecule has 2 aliphatic heterocycles. The van der Waals surface area contributed by atoms with Gasteiger partial charge in [-0.15, -0.1) is 0 Å². The molecule has 3 heterocycles. The second-order valence-electron chi connectivity index (χ2n) is 8.30. The lowest BCUT2D eigenvalue weighted by atomic mass is 9.87. The molecule has 2 saturated heterocycles. The number of aryl methyl sites for hydroxylation is 2. The van der Waals surface area contributed by atoms with E-state index in [2.05, 4.69) is 18.0 Å². The lowest BCUT2D eigenvalue weighted by Gasteiger charge is -2.43. The summed E-state index contributed by atoms with van der Waals surface area (Å²) in [5, 5.41) is 0. The molecule has 2 aliphatic rings. The van der Waals surface area contributed by atoms with Crippen LogP contribution in [0.5, 0.6) is 11.6 Å². The van der Waals surface area contributed by atoms with Crippen LogP contribution in [0.2, 0.25) is 0 Å². The van der Waals surface area contributed by atoms with Crippen LogP contribution in [0.25, 0.3) is 0 Å². The Hall–Kier alpha value is -3.13. The van der Waals surface area contributed by atoms with E-state index in [0.29, 0.717) is 25.4 Å². The molecule has 1 spiro atoms. The number of hydrogen-bond donors (Lipinski definition) is 0. The Bertz CT molecular complexity index is 992. The monoisotopic (exact) mass is 440 g/mol. The van der Waals surface area contributed by atoms with Crippen molar-refractivity contribution in [2.75, 3.05) is 20.8 Å².